The molecule has 2 heterocycles. The number of fused-ring (bicyclic) bond motifs is 1. The van der Waals surface area contributed by atoms with E-state index < -0.39 is 0 Å². The van der Waals surface area contributed by atoms with Crippen LogP contribution in [-0.2, 0) is 13.0 Å². The van der Waals surface area contributed by atoms with E-state index in [0.29, 0.717) is 12.1 Å². The van der Waals surface area contributed by atoms with Crippen LogP contribution in [0.2, 0.25) is 0 Å². The van der Waals surface area contributed by atoms with Crippen molar-refractivity contribution in [2.75, 3.05) is 11.4 Å². The zero-order valence-corrected chi connectivity index (χ0v) is 12.3. The molecule has 0 saturated carbocycles. The molecule has 2 aromatic heterocycles. The topological polar surface area (TPSA) is 46.1 Å². The summed E-state index contributed by atoms with van der Waals surface area (Å²) < 4.78 is 0. The lowest BCUT2D eigenvalue weighted by molar-refractivity contribution is 0.0968. The Morgan fingerprint density at radius 2 is 2.10 bits per heavy atom. The van der Waals surface area contributed by atoms with Crippen molar-refractivity contribution >= 4 is 22.3 Å². The lowest BCUT2D eigenvalue weighted by Crippen LogP contribution is -2.22. The number of rotatable bonds is 4. The van der Waals surface area contributed by atoms with Crippen LogP contribution in [-0.4, -0.2) is 22.3 Å². The average Bonchev–Trinajstić information content (AvgIpc) is 2.91. The summed E-state index contributed by atoms with van der Waals surface area (Å²) in [6.07, 6.45) is 6.21. The molecule has 4 nitrogen and oxygen atoms in total. The fourth-order valence-electron chi connectivity index (χ4n) is 2.41. The van der Waals surface area contributed by atoms with Crippen LogP contribution in [0, 0.1) is 0 Å². The summed E-state index contributed by atoms with van der Waals surface area (Å²) in [5.74, 6) is 0.203. The molecule has 0 aliphatic heterocycles. The predicted octanol–water partition coefficient (Wildman–Crippen LogP) is 3.08. The number of hydrogen-bond donors (Lipinski definition) is 0. The van der Waals surface area contributed by atoms with Gasteiger partial charge in [-0.1, -0.05) is 0 Å². The molecule has 1 aliphatic rings. The van der Waals surface area contributed by atoms with Crippen LogP contribution < -0.4 is 4.90 Å². The van der Waals surface area contributed by atoms with Crippen LogP contribution in [0.5, 0.6) is 0 Å². The molecule has 20 heavy (non-hydrogen) atoms. The lowest BCUT2D eigenvalue weighted by Gasteiger charge is -2.19. The van der Waals surface area contributed by atoms with Gasteiger partial charge < -0.3 is 4.90 Å². The van der Waals surface area contributed by atoms with Crippen LogP contribution in [0.4, 0.5) is 5.13 Å². The van der Waals surface area contributed by atoms with Crippen molar-refractivity contribution in [2.45, 2.75) is 32.7 Å². The highest BCUT2D eigenvalue weighted by Gasteiger charge is 2.23. The molecule has 0 unspecified atom stereocenters. The minimum absolute atomic E-state index is 0.203. The Labute approximate surface area is 122 Å². The molecule has 0 bridgehead atoms. The van der Waals surface area contributed by atoms with Gasteiger partial charge in [-0.25, -0.2) is 4.98 Å². The third-order valence-electron chi connectivity index (χ3n) is 3.53. The minimum atomic E-state index is 0.203. The predicted molar refractivity (Wildman–Crippen MR) is 80.3 cm³/mol. The molecule has 0 radical (unpaired) electrons. The Morgan fingerprint density at radius 1 is 1.30 bits per heavy atom. The maximum atomic E-state index is 11.9. The van der Waals surface area contributed by atoms with E-state index in [2.05, 4.69) is 21.8 Å². The molecule has 0 spiro atoms. The number of pyridine rings is 1. The number of hydrogen-bond acceptors (Lipinski definition) is 5. The third-order valence-corrected chi connectivity index (χ3v) is 4.71. The standard InChI is InChI=1S/C15H17N3OS/c1-2-18(10-11-6-8-16-9-7-11)15-17-14-12(19)4-3-5-13(14)20-15/h6-9H,2-5,10H2,1H3. The number of Topliss-reactive ketones (excluding diaryl/α,β-unsaturated/α-hetero) is 1. The quantitative estimate of drug-likeness (QED) is 0.867. The molecule has 2 aromatic rings. The Hall–Kier alpha value is -1.75. The number of carbonyl (C=O) groups is 1. The molecule has 0 N–H and O–H groups in total. The second kappa shape index (κ2) is 5.71. The summed E-state index contributed by atoms with van der Waals surface area (Å²) in [7, 11) is 0. The van der Waals surface area contributed by atoms with Crippen molar-refractivity contribution in [3.05, 3.63) is 40.7 Å². The van der Waals surface area contributed by atoms with E-state index >= 15 is 0 Å². The molecule has 5 heteroatoms. The fourth-order valence-corrected chi connectivity index (χ4v) is 3.60. The molecule has 0 fully saturated rings. The molecule has 0 saturated heterocycles. The normalized spacial score (nSPS) is 14.2. The summed E-state index contributed by atoms with van der Waals surface area (Å²) in [6.45, 7) is 3.80. The minimum Gasteiger partial charge on any atom is -0.344 e. The number of nitrogens with zero attached hydrogens (tertiary/aromatic N) is 3. The fraction of sp³-hybridized carbons (Fsp3) is 0.400. The van der Waals surface area contributed by atoms with E-state index in [1.165, 1.54) is 5.56 Å². The van der Waals surface area contributed by atoms with Gasteiger partial charge in [0.15, 0.2) is 10.9 Å². The van der Waals surface area contributed by atoms with Gasteiger partial charge in [0.05, 0.1) is 0 Å². The highest BCUT2D eigenvalue weighted by molar-refractivity contribution is 7.16. The van der Waals surface area contributed by atoms with Crippen molar-refractivity contribution in [1.82, 2.24) is 9.97 Å². The number of aromatic nitrogens is 2. The maximum Gasteiger partial charge on any atom is 0.186 e. The van der Waals surface area contributed by atoms with Crippen LogP contribution in [0.15, 0.2) is 24.5 Å². The van der Waals surface area contributed by atoms with Gasteiger partial charge in [-0.05, 0) is 37.5 Å². The number of thiazole rings is 1. The SMILES string of the molecule is CCN(Cc1ccncc1)c1nc2c(s1)CCCC2=O. The van der Waals surface area contributed by atoms with E-state index in [-0.39, 0.29) is 5.78 Å². The summed E-state index contributed by atoms with van der Waals surface area (Å²) in [5, 5.41) is 0.963. The van der Waals surface area contributed by atoms with E-state index in [1.54, 1.807) is 23.7 Å². The first-order chi connectivity index (χ1) is 9.78. The summed E-state index contributed by atoms with van der Waals surface area (Å²) in [6, 6.07) is 4.03. The van der Waals surface area contributed by atoms with E-state index in [0.717, 1.165) is 35.9 Å². The van der Waals surface area contributed by atoms with E-state index in [4.69, 9.17) is 0 Å². The van der Waals surface area contributed by atoms with Gasteiger partial charge in [-0.2, -0.15) is 0 Å². The highest BCUT2D eigenvalue weighted by atomic mass is 32.1. The van der Waals surface area contributed by atoms with E-state index in [9.17, 15) is 4.79 Å². The maximum absolute atomic E-state index is 11.9. The molecule has 3 rings (SSSR count). The number of ketones is 1. The molecule has 104 valence electrons. The van der Waals surface area contributed by atoms with Gasteiger partial charge in [0.25, 0.3) is 0 Å². The van der Waals surface area contributed by atoms with Crippen LogP contribution in [0.3, 0.4) is 0 Å². The zero-order valence-electron chi connectivity index (χ0n) is 11.5. The summed E-state index contributed by atoms with van der Waals surface area (Å²) in [4.78, 5) is 23.9. The van der Waals surface area contributed by atoms with Crippen molar-refractivity contribution in [3.8, 4) is 0 Å². The van der Waals surface area contributed by atoms with Crippen LogP contribution in [0.1, 0.15) is 40.7 Å². The van der Waals surface area contributed by atoms with Crippen LogP contribution in [0.25, 0.3) is 0 Å². The van der Waals surface area contributed by atoms with E-state index in [1.807, 2.05) is 12.1 Å². The Bertz CT molecular complexity index is 609. The molecule has 1 aliphatic carbocycles. The van der Waals surface area contributed by atoms with Crippen molar-refractivity contribution < 1.29 is 4.79 Å². The number of aryl methyl sites for hydroxylation is 1. The van der Waals surface area contributed by atoms with Gasteiger partial charge in [0.2, 0.25) is 0 Å². The van der Waals surface area contributed by atoms with Gasteiger partial charge in [-0.15, -0.1) is 11.3 Å². The van der Waals surface area contributed by atoms with Gasteiger partial charge in [0, 0.05) is 36.8 Å². The Kier molecular flexibility index (Phi) is 3.78. The van der Waals surface area contributed by atoms with Gasteiger partial charge in [0.1, 0.15) is 5.69 Å². The highest BCUT2D eigenvalue weighted by Crippen LogP contribution is 2.32. The smallest absolute Gasteiger partial charge is 0.186 e. The average molecular weight is 287 g/mol. The molecule has 0 amide bonds. The Morgan fingerprint density at radius 3 is 2.80 bits per heavy atom. The zero-order chi connectivity index (χ0) is 13.9. The first-order valence-electron chi connectivity index (χ1n) is 6.94. The van der Waals surface area contributed by atoms with Gasteiger partial charge >= 0.3 is 0 Å². The number of anilines is 1. The first kappa shape index (κ1) is 13.2. The summed E-state index contributed by atoms with van der Waals surface area (Å²) in [5.41, 5.74) is 1.92. The molecular weight excluding hydrogens is 270 g/mol. The molecule has 0 aromatic carbocycles. The monoisotopic (exact) mass is 287 g/mol. The number of carbonyl (C=O) groups excluding carboxylic acids is 1. The largest absolute Gasteiger partial charge is 0.344 e. The van der Waals surface area contributed by atoms with Gasteiger partial charge in [-0.3, -0.25) is 9.78 Å². The second-order valence-corrected chi connectivity index (χ2v) is 5.98. The summed E-state index contributed by atoms with van der Waals surface area (Å²) >= 11 is 1.67. The van der Waals surface area contributed by atoms with Crippen molar-refractivity contribution in [1.29, 1.82) is 0 Å². The lowest BCUT2D eigenvalue weighted by atomic mass is 10.0. The second-order valence-electron chi connectivity index (χ2n) is 4.91. The van der Waals surface area contributed by atoms with Crippen molar-refractivity contribution in [3.63, 3.8) is 0 Å². The molecule has 0 atom stereocenters. The Balaban J connectivity index is 1.85. The molecular formula is C15H17N3OS. The first-order valence-corrected chi connectivity index (χ1v) is 7.76. The van der Waals surface area contributed by atoms with Crippen molar-refractivity contribution in [2.24, 2.45) is 0 Å². The van der Waals surface area contributed by atoms with Crippen LogP contribution >= 0.6 is 11.3 Å². The third kappa shape index (κ3) is 2.58.